The van der Waals surface area contributed by atoms with E-state index in [0.717, 1.165) is 31.6 Å². The predicted molar refractivity (Wildman–Crippen MR) is 71.4 cm³/mol. The first-order valence-electron chi connectivity index (χ1n) is 6.46. The molecule has 1 unspecified atom stereocenters. The molecule has 5 heteroatoms. The minimum absolute atomic E-state index is 0.324. The molecule has 98 valence electrons. The average molecular weight is 248 g/mol. The Bertz CT molecular complexity index is 419. The first-order chi connectivity index (χ1) is 8.72. The van der Waals surface area contributed by atoms with Crippen LogP contribution in [-0.4, -0.2) is 30.0 Å². The summed E-state index contributed by atoms with van der Waals surface area (Å²) in [6.45, 7) is 1.65. The molecule has 0 saturated carbocycles. The SMILES string of the molecule is NCCC1CCCCN1c1cccc(C(N)=O)n1. The van der Waals surface area contributed by atoms with Crippen LogP contribution in [0.3, 0.4) is 0 Å². The molecule has 1 saturated heterocycles. The molecule has 18 heavy (non-hydrogen) atoms. The number of amides is 1. The van der Waals surface area contributed by atoms with E-state index in [9.17, 15) is 4.79 Å². The van der Waals surface area contributed by atoms with Crippen LogP contribution in [0.15, 0.2) is 18.2 Å². The Morgan fingerprint density at radius 2 is 2.28 bits per heavy atom. The summed E-state index contributed by atoms with van der Waals surface area (Å²) >= 11 is 0. The molecule has 0 aromatic carbocycles. The van der Waals surface area contributed by atoms with Gasteiger partial charge in [-0.05, 0) is 44.4 Å². The normalized spacial score (nSPS) is 19.8. The summed E-state index contributed by atoms with van der Waals surface area (Å²) in [6, 6.07) is 5.84. The second-order valence-electron chi connectivity index (χ2n) is 4.67. The Labute approximate surface area is 107 Å². The molecule has 1 atom stereocenters. The van der Waals surface area contributed by atoms with Crippen LogP contribution in [0.5, 0.6) is 0 Å². The fourth-order valence-corrected chi connectivity index (χ4v) is 2.52. The van der Waals surface area contributed by atoms with Crippen molar-refractivity contribution >= 4 is 11.7 Å². The van der Waals surface area contributed by atoms with E-state index in [-0.39, 0.29) is 0 Å². The fraction of sp³-hybridized carbons (Fsp3) is 0.538. The topological polar surface area (TPSA) is 85.2 Å². The molecule has 1 fully saturated rings. The van der Waals surface area contributed by atoms with Gasteiger partial charge in [-0.2, -0.15) is 0 Å². The lowest BCUT2D eigenvalue weighted by molar-refractivity contribution is 0.0995. The van der Waals surface area contributed by atoms with Crippen molar-refractivity contribution in [1.29, 1.82) is 0 Å². The number of carbonyl (C=O) groups excluding carboxylic acids is 1. The zero-order valence-corrected chi connectivity index (χ0v) is 10.5. The lowest BCUT2D eigenvalue weighted by Crippen LogP contribution is -2.41. The minimum Gasteiger partial charge on any atom is -0.364 e. The van der Waals surface area contributed by atoms with Crippen LogP contribution in [-0.2, 0) is 0 Å². The molecule has 1 aliphatic rings. The van der Waals surface area contributed by atoms with Gasteiger partial charge in [-0.3, -0.25) is 4.79 Å². The van der Waals surface area contributed by atoms with Gasteiger partial charge in [-0.15, -0.1) is 0 Å². The largest absolute Gasteiger partial charge is 0.364 e. The molecule has 1 amide bonds. The number of nitrogens with two attached hydrogens (primary N) is 2. The molecule has 4 N–H and O–H groups in total. The molecule has 0 radical (unpaired) electrons. The van der Waals surface area contributed by atoms with Crippen LogP contribution in [0.25, 0.3) is 0 Å². The first-order valence-corrected chi connectivity index (χ1v) is 6.46. The summed E-state index contributed by atoms with van der Waals surface area (Å²) in [5, 5.41) is 0. The van der Waals surface area contributed by atoms with Crippen molar-refractivity contribution in [2.24, 2.45) is 11.5 Å². The van der Waals surface area contributed by atoms with Crippen molar-refractivity contribution in [2.75, 3.05) is 18.0 Å². The van der Waals surface area contributed by atoms with Crippen molar-refractivity contribution in [1.82, 2.24) is 4.98 Å². The number of rotatable bonds is 4. The van der Waals surface area contributed by atoms with Gasteiger partial charge in [-0.1, -0.05) is 6.07 Å². The number of nitrogens with zero attached hydrogens (tertiary/aromatic N) is 2. The summed E-state index contributed by atoms with van der Waals surface area (Å²) in [6.07, 6.45) is 4.49. The van der Waals surface area contributed by atoms with E-state index >= 15 is 0 Å². The van der Waals surface area contributed by atoms with Gasteiger partial charge in [0.1, 0.15) is 11.5 Å². The molecule has 0 bridgehead atoms. The summed E-state index contributed by atoms with van der Waals surface area (Å²) in [4.78, 5) is 17.8. The second-order valence-corrected chi connectivity index (χ2v) is 4.67. The van der Waals surface area contributed by atoms with Crippen LogP contribution in [0.1, 0.15) is 36.2 Å². The van der Waals surface area contributed by atoms with Crippen molar-refractivity contribution in [3.63, 3.8) is 0 Å². The zero-order valence-electron chi connectivity index (χ0n) is 10.5. The fourth-order valence-electron chi connectivity index (χ4n) is 2.52. The van der Waals surface area contributed by atoms with Crippen molar-refractivity contribution < 1.29 is 4.79 Å². The van der Waals surface area contributed by atoms with Crippen LogP contribution in [0, 0.1) is 0 Å². The number of aromatic nitrogens is 1. The average Bonchev–Trinajstić information content (AvgIpc) is 2.40. The number of pyridine rings is 1. The van der Waals surface area contributed by atoms with E-state index in [1.807, 2.05) is 12.1 Å². The van der Waals surface area contributed by atoms with E-state index < -0.39 is 5.91 Å². The number of hydrogen-bond donors (Lipinski definition) is 2. The highest BCUT2D eigenvalue weighted by atomic mass is 16.1. The number of carbonyl (C=O) groups is 1. The molecule has 5 nitrogen and oxygen atoms in total. The van der Waals surface area contributed by atoms with Gasteiger partial charge < -0.3 is 16.4 Å². The Balaban J connectivity index is 2.22. The number of primary amides is 1. The molecule has 2 rings (SSSR count). The highest BCUT2D eigenvalue weighted by molar-refractivity contribution is 5.91. The quantitative estimate of drug-likeness (QED) is 0.828. The molecule has 1 aromatic heterocycles. The van der Waals surface area contributed by atoms with Gasteiger partial charge in [0, 0.05) is 12.6 Å². The maximum atomic E-state index is 11.2. The summed E-state index contributed by atoms with van der Waals surface area (Å²) in [5.74, 6) is 0.355. The van der Waals surface area contributed by atoms with Crippen molar-refractivity contribution in [3.05, 3.63) is 23.9 Å². The minimum atomic E-state index is -0.482. The number of anilines is 1. The third-order valence-corrected chi connectivity index (χ3v) is 3.41. The monoisotopic (exact) mass is 248 g/mol. The Morgan fingerprint density at radius 3 is 3.00 bits per heavy atom. The Kier molecular flexibility index (Phi) is 4.15. The molecular weight excluding hydrogens is 228 g/mol. The standard InChI is InChI=1S/C13H20N4O/c14-8-7-10-4-1-2-9-17(10)12-6-3-5-11(16-12)13(15)18/h3,5-6,10H,1-2,4,7-9,14H2,(H2,15,18). The van der Waals surface area contributed by atoms with Crippen molar-refractivity contribution in [3.8, 4) is 0 Å². The third kappa shape index (κ3) is 2.79. The van der Waals surface area contributed by atoms with Gasteiger partial charge in [0.05, 0.1) is 0 Å². The molecule has 0 aliphatic carbocycles. The Hall–Kier alpha value is -1.62. The van der Waals surface area contributed by atoms with Crippen LogP contribution >= 0.6 is 0 Å². The molecular formula is C13H20N4O. The van der Waals surface area contributed by atoms with Gasteiger partial charge in [0.2, 0.25) is 0 Å². The van der Waals surface area contributed by atoms with Crippen LogP contribution in [0.2, 0.25) is 0 Å². The van der Waals surface area contributed by atoms with E-state index in [4.69, 9.17) is 11.5 Å². The van der Waals surface area contributed by atoms with Crippen molar-refractivity contribution in [2.45, 2.75) is 31.7 Å². The van der Waals surface area contributed by atoms with E-state index in [2.05, 4.69) is 9.88 Å². The maximum Gasteiger partial charge on any atom is 0.267 e. The van der Waals surface area contributed by atoms with Gasteiger partial charge in [0.15, 0.2) is 0 Å². The smallest absolute Gasteiger partial charge is 0.267 e. The summed E-state index contributed by atoms with van der Waals surface area (Å²) < 4.78 is 0. The number of piperidine rings is 1. The third-order valence-electron chi connectivity index (χ3n) is 3.41. The Morgan fingerprint density at radius 1 is 1.44 bits per heavy atom. The van der Waals surface area contributed by atoms with E-state index in [0.29, 0.717) is 18.3 Å². The molecule has 0 spiro atoms. The van der Waals surface area contributed by atoms with Crippen LogP contribution in [0.4, 0.5) is 5.82 Å². The first kappa shape index (κ1) is 12.8. The molecule has 1 aromatic rings. The van der Waals surface area contributed by atoms with Gasteiger partial charge in [0.25, 0.3) is 5.91 Å². The second kappa shape index (κ2) is 5.82. The number of hydrogen-bond acceptors (Lipinski definition) is 4. The lowest BCUT2D eigenvalue weighted by Gasteiger charge is -2.36. The van der Waals surface area contributed by atoms with Gasteiger partial charge in [-0.25, -0.2) is 4.98 Å². The predicted octanol–water partition coefficient (Wildman–Crippen LogP) is 0.888. The zero-order chi connectivity index (χ0) is 13.0. The summed E-state index contributed by atoms with van der Waals surface area (Å²) in [5.41, 5.74) is 11.2. The highest BCUT2D eigenvalue weighted by Crippen LogP contribution is 2.24. The highest BCUT2D eigenvalue weighted by Gasteiger charge is 2.23. The van der Waals surface area contributed by atoms with E-state index in [1.165, 1.54) is 6.42 Å². The molecule has 1 aliphatic heterocycles. The maximum absolute atomic E-state index is 11.2. The summed E-state index contributed by atoms with van der Waals surface area (Å²) in [7, 11) is 0. The molecule has 2 heterocycles. The lowest BCUT2D eigenvalue weighted by atomic mass is 9.99. The van der Waals surface area contributed by atoms with Gasteiger partial charge >= 0.3 is 0 Å². The van der Waals surface area contributed by atoms with Crippen LogP contribution < -0.4 is 16.4 Å². The van der Waals surface area contributed by atoms with E-state index in [1.54, 1.807) is 6.07 Å².